The van der Waals surface area contributed by atoms with Gasteiger partial charge in [0.25, 0.3) is 0 Å². The van der Waals surface area contributed by atoms with Crippen LogP contribution in [0.1, 0.15) is 55.9 Å². The Balaban J connectivity index is 0.000000268. The van der Waals surface area contributed by atoms with Gasteiger partial charge in [-0.25, -0.2) is 0 Å². The first-order valence-corrected chi connectivity index (χ1v) is 21.4. The second kappa shape index (κ2) is 19.3. The van der Waals surface area contributed by atoms with Crippen LogP contribution in [0.4, 0.5) is 0 Å². The molecule has 0 heteroatoms. The van der Waals surface area contributed by atoms with Crippen molar-refractivity contribution in [1.82, 2.24) is 0 Å². The summed E-state index contributed by atoms with van der Waals surface area (Å²) >= 11 is 0. The minimum Gasteiger partial charge on any atom is -0.0683 e. The van der Waals surface area contributed by atoms with Crippen molar-refractivity contribution >= 4 is 43.1 Å². The quantitative estimate of drug-likeness (QED) is 0.156. The Morgan fingerprint density at radius 1 is 0.300 bits per heavy atom. The van der Waals surface area contributed by atoms with E-state index in [1.165, 1.54) is 98.7 Å². The van der Waals surface area contributed by atoms with Crippen molar-refractivity contribution in [2.24, 2.45) is 0 Å². The van der Waals surface area contributed by atoms with Gasteiger partial charge in [0.15, 0.2) is 0 Å². The number of fused-ring (bicyclic) bond motifs is 4. The average molecular weight is 777 g/mol. The Kier molecular flexibility index (Phi) is 13.3. The van der Waals surface area contributed by atoms with Crippen LogP contribution in [0.5, 0.6) is 0 Å². The van der Waals surface area contributed by atoms with Gasteiger partial charge in [-0.1, -0.05) is 221 Å². The second-order valence-corrected chi connectivity index (χ2v) is 15.7. The molecule has 0 aliphatic carbocycles. The lowest BCUT2D eigenvalue weighted by Crippen LogP contribution is -1.92. The first-order chi connectivity index (χ1) is 29.3. The normalized spacial score (nSPS) is 10.7. The molecule has 0 N–H and O–H groups in total. The predicted molar refractivity (Wildman–Crippen MR) is 265 cm³/mol. The van der Waals surface area contributed by atoms with Gasteiger partial charge in [0.2, 0.25) is 0 Å². The molecule has 0 bridgehead atoms. The van der Waals surface area contributed by atoms with Gasteiger partial charge in [0.05, 0.1) is 0 Å². The van der Waals surface area contributed by atoms with Crippen LogP contribution in [0.25, 0.3) is 76.5 Å². The summed E-state index contributed by atoms with van der Waals surface area (Å²) in [6, 6.07) is 74.8. The van der Waals surface area contributed by atoms with Gasteiger partial charge in [-0.05, 0) is 138 Å². The summed E-state index contributed by atoms with van der Waals surface area (Å²) in [7, 11) is 0. The monoisotopic (exact) mass is 776 g/mol. The van der Waals surface area contributed by atoms with E-state index in [-0.39, 0.29) is 0 Å². The lowest BCUT2D eigenvalue weighted by Gasteiger charge is -2.19. The highest BCUT2D eigenvalue weighted by atomic mass is 14.2. The van der Waals surface area contributed by atoms with Gasteiger partial charge in [0, 0.05) is 0 Å². The van der Waals surface area contributed by atoms with E-state index in [0.717, 1.165) is 0 Å². The molecule has 0 saturated heterocycles. The maximum absolute atomic E-state index is 2.42. The fourth-order valence-corrected chi connectivity index (χ4v) is 7.93. The molecule has 0 aliphatic rings. The Morgan fingerprint density at radius 2 is 0.700 bits per heavy atom. The van der Waals surface area contributed by atoms with Crippen LogP contribution in [-0.4, -0.2) is 0 Å². The summed E-state index contributed by atoms with van der Waals surface area (Å²) in [5.41, 5.74) is 13.0. The highest BCUT2D eigenvalue weighted by Crippen LogP contribution is 2.45. The average Bonchev–Trinajstić information content (AvgIpc) is 3.30. The molecular weight excluding hydrogens is 721 g/mol. The lowest BCUT2D eigenvalue weighted by atomic mass is 9.84. The maximum Gasteiger partial charge on any atom is -0.00259 e. The summed E-state index contributed by atoms with van der Waals surface area (Å²) in [5.74, 6) is 0.515. The molecule has 0 atom stereocenters. The molecule has 0 heterocycles. The summed E-state index contributed by atoms with van der Waals surface area (Å²) in [6.45, 7) is 14.8. The third kappa shape index (κ3) is 9.25. The van der Waals surface area contributed by atoms with E-state index in [9.17, 15) is 0 Å². The molecule has 10 aromatic carbocycles. The number of rotatable bonds is 4. The topological polar surface area (TPSA) is 0 Å². The number of hydrogen-bond donors (Lipinski definition) is 0. The van der Waals surface area contributed by atoms with Gasteiger partial charge >= 0.3 is 0 Å². The van der Waals surface area contributed by atoms with Gasteiger partial charge in [-0.2, -0.15) is 0 Å². The van der Waals surface area contributed by atoms with Crippen LogP contribution >= 0.6 is 0 Å². The molecule has 10 rings (SSSR count). The minimum absolute atomic E-state index is 0.515. The van der Waals surface area contributed by atoms with Crippen molar-refractivity contribution in [3.8, 4) is 33.4 Å². The Morgan fingerprint density at radius 3 is 1.17 bits per heavy atom. The summed E-state index contributed by atoms with van der Waals surface area (Å²) in [4.78, 5) is 0. The third-order valence-corrected chi connectivity index (χ3v) is 11.4. The van der Waals surface area contributed by atoms with Gasteiger partial charge in [0.1, 0.15) is 0 Å². The number of hydrogen-bond acceptors (Lipinski definition) is 0. The van der Waals surface area contributed by atoms with Crippen LogP contribution in [0.2, 0.25) is 0 Å². The van der Waals surface area contributed by atoms with Crippen LogP contribution in [-0.2, 0) is 0 Å². The van der Waals surface area contributed by atoms with Crippen LogP contribution in [0.3, 0.4) is 0 Å². The summed E-state index contributed by atoms with van der Waals surface area (Å²) < 4.78 is 0. The predicted octanol–water partition coefficient (Wildman–Crippen LogP) is 17.7. The van der Waals surface area contributed by atoms with Crippen molar-refractivity contribution in [3.05, 3.63) is 229 Å². The first-order valence-electron chi connectivity index (χ1n) is 21.4. The largest absolute Gasteiger partial charge is 0.0683 e. The molecule has 0 radical (unpaired) electrons. The van der Waals surface area contributed by atoms with Crippen molar-refractivity contribution in [1.29, 1.82) is 0 Å². The SMILES string of the molecule is CC.CC(C)c1ccc(-c2ccc3c(-c4ccc5ccccc5c4)c4ccccc4c(-c4ccc5ccccc5c4)c3c2)cc1.Cc1ccccc1.Cc1ccccc1C. The molecule has 10 aromatic rings. The van der Waals surface area contributed by atoms with E-state index in [1.807, 2.05) is 32.0 Å². The first kappa shape index (κ1) is 41.4. The van der Waals surface area contributed by atoms with Gasteiger partial charge in [-0.15, -0.1) is 0 Å². The molecular formula is C60H56. The second-order valence-electron chi connectivity index (χ2n) is 15.7. The summed E-state index contributed by atoms with van der Waals surface area (Å²) in [5, 5.41) is 10.2. The standard InChI is InChI=1S/C43H32.C8H10.C7H8.C2H6/c1-28(2)29-15-17-32(18-16-29)35-23-24-40-41(27-35)43(37-22-20-31-10-4-6-12-34(31)26-37)39-14-8-7-13-38(39)42(40)36-21-19-30-9-3-5-11-33(30)25-36;1-7-5-3-4-6-8(7)2;1-7-5-3-2-4-6-7;1-2/h3-28H,1-2H3;3-6H,1-2H3;2-6H,1H3;1-2H3. The third-order valence-electron chi connectivity index (χ3n) is 11.4. The zero-order valence-electron chi connectivity index (χ0n) is 36.2. The molecule has 296 valence electrons. The highest BCUT2D eigenvalue weighted by Gasteiger charge is 2.18. The molecule has 0 unspecified atom stereocenters. The maximum atomic E-state index is 2.42. The Bertz CT molecular complexity index is 2960. The smallest absolute Gasteiger partial charge is 0.00259 e. The highest BCUT2D eigenvalue weighted by molar-refractivity contribution is 6.22. The van der Waals surface area contributed by atoms with Crippen LogP contribution in [0.15, 0.2) is 206 Å². The fraction of sp³-hybridized carbons (Fsp3) is 0.133. The fourth-order valence-electron chi connectivity index (χ4n) is 7.93. The number of benzene rings is 10. The van der Waals surface area contributed by atoms with Crippen molar-refractivity contribution in [3.63, 3.8) is 0 Å². The van der Waals surface area contributed by atoms with E-state index in [0.29, 0.717) is 5.92 Å². The van der Waals surface area contributed by atoms with E-state index in [1.54, 1.807) is 0 Å². The van der Waals surface area contributed by atoms with E-state index in [4.69, 9.17) is 0 Å². The molecule has 60 heavy (non-hydrogen) atoms. The van der Waals surface area contributed by atoms with Crippen LogP contribution in [0, 0.1) is 20.8 Å². The molecule has 0 amide bonds. The molecule has 0 spiro atoms. The van der Waals surface area contributed by atoms with E-state index in [2.05, 4.69) is 223 Å². The molecule has 0 aliphatic heterocycles. The molecule has 0 fully saturated rings. The van der Waals surface area contributed by atoms with Crippen molar-refractivity contribution < 1.29 is 0 Å². The minimum atomic E-state index is 0.515. The lowest BCUT2D eigenvalue weighted by molar-refractivity contribution is 0.867. The van der Waals surface area contributed by atoms with Crippen LogP contribution < -0.4 is 0 Å². The Hall–Kier alpha value is -6.76. The van der Waals surface area contributed by atoms with E-state index < -0.39 is 0 Å². The summed E-state index contributed by atoms with van der Waals surface area (Å²) in [6.07, 6.45) is 0. The molecule has 0 saturated carbocycles. The molecule has 0 aromatic heterocycles. The van der Waals surface area contributed by atoms with Crippen molar-refractivity contribution in [2.45, 2.75) is 54.4 Å². The molecule has 0 nitrogen and oxygen atoms in total. The Labute approximate surface area is 357 Å². The van der Waals surface area contributed by atoms with E-state index >= 15 is 0 Å². The zero-order chi connectivity index (χ0) is 42.0. The van der Waals surface area contributed by atoms with Gasteiger partial charge < -0.3 is 0 Å². The zero-order valence-corrected chi connectivity index (χ0v) is 36.2. The van der Waals surface area contributed by atoms with Crippen molar-refractivity contribution in [2.75, 3.05) is 0 Å². The number of aryl methyl sites for hydroxylation is 3. The van der Waals surface area contributed by atoms with Gasteiger partial charge in [-0.3, -0.25) is 0 Å².